The van der Waals surface area contributed by atoms with Gasteiger partial charge in [-0.05, 0) is 38.5 Å². The van der Waals surface area contributed by atoms with E-state index in [1.807, 2.05) is 25.1 Å². The minimum absolute atomic E-state index is 0.0391. The molecular formula is C22H27BrN2O5. The second kappa shape index (κ2) is 7.87. The van der Waals surface area contributed by atoms with Gasteiger partial charge in [-0.1, -0.05) is 29.3 Å². The number of hydrogen-bond acceptors (Lipinski definition) is 5. The van der Waals surface area contributed by atoms with Crippen molar-refractivity contribution in [2.24, 2.45) is 11.8 Å². The van der Waals surface area contributed by atoms with Crippen molar-refractivity contribution in [1.29, 1.82) is 0 Å². The highest BCUT2D eigenvalue weighted by molar-refractivity contribution is 9.10. The van der Waals surface area contributed by atoms with Crippen LogP contribution in [0.4, 0.5) is 0 Å². The molecule has 0 bridgehead atoms. The van der Waals surface area contributed by atoms with Crippen molar-refractivity contribution >= 4 is 33.7 Å². The molecule has 1 aromatic rings. The van der Waals surface area contributed by atoms with Gasteiger partial charge in [0, 0.05) is 22.5 Å². The highest BCUT2D eigenvalue weighted by Crippen LogP contribution is 2.56. The minimum atomic E-state index is -1.29. The lowest BCUT2D eigenvalue weighted by molar-refractivity contribution is -0.170. The van der Waals surface area contributed by atoms with Crippen molar-refractivity contribution < 1.29 is 23.9 Å². The Morgan fingerprint density at radius 1 is 1.33 bits per heavy atom. The fourth-order valence-electron chi connectivity index (χ4n) is 5.30. The molecule has 2 fully saturated rings. The summed E-state index contributed by atoms with van der Waals surface area (Å²) in [7, 11) is 0. The van der Waals surface area contributed by atoms with Gasteiger partial charge in [0.25, 0.3) is 0 Å². The average molecular weight is 479 g/mol. The summed E-state index contributed by atoms with van der Waals surface area (Å²) in [6, 6.07) is 5.25. The van der Waals surface area contributed by atoms with Gasteiger partial charge in [-0.15, -0.1) is 0 Å². The monoisotopic (exact) mass is 478 g/mol. The van der Waals surface area contributed by atoms with Gasteiger partial charge < -0.3 is 19.3 Å². The molecule has 0 unspecified atom stereocenters. The molecule has 4 atom stereocenters. The summed E-state index contributed by atoms with van der Waals surface area (Å²) in [5.74, 6) is -1.22. The van der Waals surface area contributed by atoms with E-state index in [0.29, 0.717) is 12.3 Å². The number of carbonyl (C=O) groups excluding carboxylic acids is 3. The Morgan fingerprint density at radius 3 is 2.80 bits per heavy atom. The van der Waals surface area contributed by atoms with E-state index in [0.717, 1.165) is 22.9 Å². The van der Waals surface area contributed by atoms with Gasteiger partial charge >= 0.3 is 5.97 Å². The number of carbonyl (C=O) groups is 3. The summed E-state index contributed by atoms with van der Waals surface area (Å²) in [6.07, 6.45) is 1.73. The molecule has 3 aliphatic heterocycles. The number of hydrogen-bond donors (Lipinski definition) is 0. The van der Waals surface area contributed by atoms with E-state index >= 15 is 0 Å². The van der Waals surface area contributed by atoms with E-state index in [4.69, 9.17) is 9.47 Å². The standard InChI is InChI=1S/C22H27BrN2O5/c1-4-6-9-24-11-17(26)25-19-14-10-13(23)7-8-16(14)30-12-15(19)18(20(27)29-5-2)22(25,3)21(24)28/h7-8,10,15,18-19H,4-6,9,11-12H2,1-3H3/t15-,18-,19-,22-/m1/s1. The van der Waals surface area contributed by atoms with E-state index in [-0.39, 0.29) is 37.5 Å². The zero-order valence-electron chi connectivity index (χ0n) is 17.5. The number of piperazine rings is 1. The Hall–Kier alpha value is -2.09. The van der Waals surface area contributed by atoms with Crippen molar-refractivity contribution in [1.82, 2.24) is 9.80 Å². The van der Waals surface area contributed by atoms with E-state index in [2.05, 4.69) is 15.9 Å². The average Bonchev–Trinajstić information content (AvgIpc) is 3.00. The van der Waals surface area contributed by atoms with Gasteiger partial charge in [-0.3, -0.25) is 14.4 Å². The predicted octanol–water partition coefficient (Wildman–Crippen LogP) is 2.92. The third-order valence-electron chi connectivity index (χ3n) is 6.58. The molecule has 0 aliphatic carbocycles. The Labute approximate surface area is 184 Å². The lowest BCUT2D eigenvalue weighted by Gasteiger charge is -2.47. The summed E-state index contributed by atoms with van der Waals surface area (Å²) in [6.45, 7) is 6.53. The maximum absolute atomic E-state index is 13.7. The van der Waals surface area contributed by atoms with Crippen molar-refractivity contribution in [3.05, 3.63) is 28.2 Å². The van der Waals surface area contributed by atoms with Crippen LogP contribution in [0.25, 0.3) is 0 Å². The highest BCUT2D eigenvalue weighted by Gasteiger charge is 2.68. The van der Waals surface area contributed by atoms with Crippen LogP contribution in [0.5, 0.6) is 5.75 Å². The van der Waals surface area contributed by atoms with Crippen LogP contribution in [0, 0.1) is 11.8 Å². The van der Waals surface area contributed by atoms with Crippen LogP contribution in [0.3, 0.4) is 0 Å². The fraction of sp³-hybridized carbons (Fsp3) is 0.591. The van der Waals surface area contributed by atoms with Crippen LogP contribution in [0.2, 0.25) is 0 Å². The van der Waals surface area contributed by atoms with Crippen LogP contribution in [-0.2, 0) is 19.1 Å². The Balaban J connectivity index is 1.85. The van der Waals surface area contributed by atoms with Crippen molar-refractivity contribution in [3.8, 4) is 5.75 Å². The van der Waals surface area contributed by atoms with Crippen LogP contribution < -0.4 is 4.74 Å². The largest absolute Gasteiger partial charge is 0.493 e. The van der Waals surface area contributed by atoms with E-state index in [9.17, 15) is 14.4 Å². The Kier molecular flexibility index (Phi) is 5.55. The first-order chi connectivity index (χ1) is 14.3. The van der Waals surface area contributed by atoms with Crippen LogP contribution >= 0.6 is 15.9 Å². The summed E-state index contributed by atoms with van der Waals surface area (Å²) < 4.78 is 12.2. The van der Waals surface area contributed by atoms with E-state index in [1.165, 1.54) is 0 Å². The third kappa shape index (κ3) is 3.02. The number of rotatable bonds is 5. The van der Waals surface area contributed by atoms with E-state index in [1.54, 1.807) is 23.6 Å². The fourth-order valence-corrected chi connectivity index (χ4v) is 5.68. The minimum Gasteiger partial charge on any atom is -0.493 e. The topological polar surface area (TPSA) is 76.2 Å². The van der Waals surface area contributed by atoms with E-state index < -0.39 is 23.5 Å². The first-order valence-electron chi connectivity index (χ1n) is 10.5. The smallest absolute Gasteiger partial charge is 0.312 e. The van der Waals surface area contributed by atoms with Crippen molar-refractivity contribution in [2.75, 3.05) is 26.3 Å². The molecule has 0 spiro atoms. The third-order valence-corrected chi connectivity index (χ3v) is 7.07. The molecule has 3 heterocycles. The molecule has 0 N–H and O–H groups in total. The molecule has 0 saturated carbocycles. The Morgan fingerprint density at radius 2 is 2.10 bits per heavy atom. The number of amides is 2. The molecule has 0 aromatic heterocycles. The van der Waals surface area contributed by atoms with Gasteiger partial charge in [0.05, 0.1) is 31.7 Å². The molecular weight excluding hydrogens is 452 g/mol. The maximum Gasteiger partial charge on any atom is 0.312 e. The number of fused-ring (bicyclic) bond motifs is 5. The lowest BCUT2D eigenvalue weighted by Crippen LogP contribution is -2.67. The Bertz CT molecular complexity index is 890. The first-order valence-corrected chi connectivity index (χ1v) is 11.3. The van der Waals surface area contributed by atoms with Gasteiger partial charge in [0.1, 0.15) is 11.3 Å². The zero-order valence-corrected chi connectivity index (χ0v) is 19.1. The number of benzene rings is 1. The molecule has 0 radical (unpaired) electrons. The van der Waals surface area contributed by atoms with Crippen LogP contribution in [0.1, 0.15) is 45.2 Å². The molecule has 162 valence electrons. The van der Waals surface area contributed by atoms with Gasteiger partial charge in [0.15, 0.2) is 0 Å². The van der Waals surface area contributed by atoms with Crippen molar-refractivity contribution in [2.45, 2.75) is 45.2 Å². The quantitative estimate of drug-likeness (QED) is 0.608. The second-order valence-electron chi connectivity index (χ2n) is 8.32. The normalized spacial score (nSPS) is 29.8. The number of unbranched alkanes of at least 4 members (excludes halogenated alkanes) is 1. The SMILES string of the molecule is CCCCN1CC(=O)N2[C@@H]3c4cc(Br)ccc4OC[C@@H]3[C@H](C(=O)OCC)[C@]2(C)C1=O. The molecule has 2 amide bonds. The second-order valence-corrected chi connectivity index (χ2v) is 9.24. The molecule has 8 heteroatoms. The highest BCUT2D eigenvalue weighted by atomic mass is 79.9. The van der Waals surface area contributed by atoms with Crippen molar-refractivity contribution in [3.63, 3.8) is 0 Å². The first kappa shape index (κ1) is 21.2. The predicted molar refractivity (Wildman–Crippen MR) is 113 cm³/mol. The lowest BCUT2D eigenvalue weighted by atomic mass is 9.77. The summed E-state index contributed by atoms with van der Waals surface area (Å²) in [5.41, 5.74) is -0.473. The molecule has 1 aromatic carbocycles. The van der Waals surface area contributed by atoms with Crippen LogP contribution in [0.15, 0.2) is 22.7 Å². The summed E-state index contributed by atoms with van der Waals surface area (Å²) in [5, 5.41) is 0. The molecule has 30 heavy (non-hydrogen) atoms. The molecule has 3 aliphatic rings. The molecule has 7 nitrogen and oxygen atoms in total. The molecule has 4 rings (SSSR count). The summed E-state index contributed by atoms with van der Waals surface area (Å²) >= 11 is 3.50. The number of ether oxygens (including phenoxy) is 2. The maximum atomic E-state index is 13.7. The van der Waals surface area contributed by atoms with Gasteiger partial charge in [-0.25, -0.2) is 0 Å². The van der Waals surface area contributed by atoms with Gasteiger partial charge in [0.2, 0.25) is 11.8 Å². The number of esters is 1. The molecule has 2 saturated heterocycles. The summed E-state index contributed by atoms with van der Waals surface area (Å²) in [4.78, 5) is 43.5. The van der Waals surface area contributed by atoms with Crippen LogP contribution in [-0.4, -0.2) is 59.4 Å². The number of halogens is 1. The zero-order chi connectivity index (χ0) is 21.6. The van der Waals surface area contributed by atoms with Gasteiger partial charge in [-0.2, -0.15) is 0 Å². The number of nitrogens with zero attached hydrogens (tertiary/aromatic N) is 2.